The van der Waals surface area contributed by atoms with Gasteiger partial charge in [0.25, 0.3) is 0 Å². The van der Waals surface area contributed by atoms with Crippen molar-refractivity contribution in [3.63, 3.8) is 0 Å². The molecule has 6 nitrogen and oxygen atoms in total. The summed E-state index contributed by atoms with van der Waals surface area (Å²) in [6.07, 6.45) is 1.63. The fourth-order valence-electron chi connectivity index (χ4n) is 2.25. The highest BCUT2D eigenvalue weighted by molar-refractivity contribution is 7.98. The van der Waals surface area contributed by atoms with E-state index in [0.29, 0.717) is 22.6 Å². The molecule has 4 rings (SSSR count). The van der Waals surface area contributed by atoms with Gasteiger partial charge in [-0.2, -0.15) is 4.68 Å². The third kappa shape index (κ3) is 3.43. The number of halogens is 1. The molecule has 124 valence electrons. The molecule has 0 bridgehead atoms. The summed E-state index contributed by atoms with van der Waals surface area (Å²) in [5.41, 5.74) is 1.66. The van der Waals surface area contributed by atoms with Gasteiger partial charge in [0, 0.05) is 5.56 Å². The lowest BCUT2D eigenvalue weighted by molar-refractivity contribution is 0.529. The average Bonchev–Trinajstić information content (AvgIpc) is 3.31. The summed E-state index contributed by atoms with van der Waals surface area (Å²) in [6.45, 7) is 0. The Bertz CT molecular complexity index is 968. The smallest absolute Gasteiger partial charge is 0.214 e. The van der Waals surface area contributed by atoms with E-state index in [-0.39, 0.29) is 5.82 Å². The second-order valence-corrected chi connectivity index (χ2v) is 6.07. The van der Waals surface area contributed by atoms with Gasteiger partial charge in [-0.15, -0.1) is 5.10 Å². The highest BCUT2D eigenvalue weighted by Crippen LogP contribution is 2.25. The average molecular weight is 353 g/mol. The quantitative estimate of drug-likeness (QED) is 0.509. The second-order valence-electron chi connectivity index (χ2n) is 5.12. The second kappa shape index (κ2) is 6.86. The molecule has 0 saturated heterocycles. The number of aromatic nitrogens is 5. The number of rotatable bonds is 5. The summed E-state index contributed by atoms with van der Waals surface area (Å²) < 4.78 is 20.4. The van der Waals surface area contributed by atoms with Crippen LogP contribution in [-0.2, 0) is 5.75 Å². The first-order valence-corrected chi connectivity index (χ1v) is 8.45. The molecule has 25 heavy (non-hydrogen) atoms. The fourth-order valence-corrected chi connectivity index (χ4v) is 3.00. The molecule has 4 aromatic rings. The van der Waals surface area contributed by atoms with Crippen molar-refractivity contribution in [1.82, 2.24) is 25.2 Å². The van der Waals surface area contributed by atoms with E-state index in [0.717, 1.165) is 11.3 Å². The van der Waals surface area contributed by atoms with Crippen LogP contribution in [0.1, 0.15) is 5.89 Å². The van der Waals surface area contributed by atoms with E-state index in [1.54, 1.807) is 23.0 Å². The van der Waals surface area contributed by atoms with E-state index in [2.05, 4.69) is 20.5 Å². The zero-order valence-corrected chi connectivity index (χ0v) is 13.7. The van der Waals surface area contributed by atoms with Crippen LogP contribution in [0.25, 0.3) is 17.0 Å². The third-order valence-electron chi connectivity index (χ3n) is 3.45. The molecule has 0 saturated carbocycles. The predicted molar refractivity (Wildman–Crippen MR) is 90.6 cm³/mol. The molecule has 0 fully saturated rings. The van der Waals surface area contributed by atoms with E-state index in [1.807, 2.05) is 30.3 Å². The largest absolute Gasteiger partial charge is 0.440 e. The molecular formula is C17H12FN5OS. The molecule has 2 aromatic carbocycles. The number of nitrogens with zero attached hydrogens (tertiary/aromatic N) is 5. The van der Waals surface area contributed by atoms with E-state index in [9.17, 15) is 4.39 Å². The Morgan fingerprint density at radius 1 is 1.04 bits per heavy atom. The molecule has 8 heteroatoms. The van der Waals surface area contributed by atoms with Gasteiger partial charge in [-0.05, 0) is 46.8 Å². The highest BCUT2D eigenvalue weighted by atomic mass is 32.2. The van der Waals surface area contributed by atoms with Crippen molar-refractivity contribution in [2.45, 2.75) is 10.9 Å². The van der Waals surface area contributed by atoms with Crippen LogP contribution in [0.2, 0.25) is 0 Å². The van der Waals surface area contributed by atoms with Gasteiger partial charge in [0.15, 0.2) is 5.76 Å². The van der Waals surface area contributed by atoms with Crippen molar-refractivity contribution in [3.05, 3.63) is 72.5 Å². The summed E-state index contributed by atoms with van der Waals surface area (Å²) >= 11 is 1.42. The van der Waals surface area contributed by atoms with Gasteiger partial charge in [0.05, 0.1) is 17.6 Å². The van der Waals surface area contributed by atoms with Crippen LogP contribution in [0.15, 0.2) is 70.4 Å². The zero-order chi connectivity index (χ0) is 17.1. The predicted octanol–water partition coefficient (Wildman–Crippen LogP) is 3.75. The molecule has 0 aliphatic rings. The number of oxazole rings is 1. The maximum absolute atomic E-state index is 13.0. The van der Waals surface area contributed by atoms with Crippen molar-refractivity contribution in [1.29, 1.82) is 0 Å². The molecule has 2 heterocycles. The number of tetrazole rings is 1. The molecule has 0 radical (unpaired) electrons. The lowest BCUT2D eigenvalue weighted by Gasteiger charge is -2.02. The molecule has 2 aromatic heterocycles. The number of para-hydroxylation sites is 1. The van der Waals surface area contributed by atoms with Gasteiger partial charge in [-0.3, -0.25) is 0 Å². The summed E-state index contributed by atoms with van der Waals surface area (Å²) in [6, 6.07) is 15.7. The Balaban J connectivity index is 1.48. The minimum Gasteiger partial charge on any atom is -0.440 e. The topological polar surface area (TPSA) is 69.6 Å². The Hall–Kier alpha value is -3.00. The standard InChI is InChI=1S/C17H12FN5OS/c18-13-8-6-12(7-9-13)15-10-19-16(24-15)11-25-17-20-21-22-23(17)14-4-2-1-3-5-14/h1-10H,11H2. The van der Waals surface area contributed by atoms with Gasteiger partial charge < -0.3 is 4.42 Å². The van der Waals surface area contributed by atoms with Crippen LogP contribution < -0.4 is 0 Å². The van der Waals surface area contributed by atoms with Crippen molar-refractivity contribution in [2.24, 2.45) is 0 Å². The SMILES string of the molecule is Fc1ccc(-c2cnc(CSc3nnnn3-c3ccccc3)o2)cc1. The molecule has 0 aliphatic carbocycles. The molecule has 0 amide bonds. The van der Waals surface area contributed by atoms with Gasteiger partial charge >= 0.3 is 0 Å². The van der Waals surface area contributed by atoms with Crippen LogP contribution in [-0.4, -0.2) is 25.2 Å². The molecule has 0 aliphatic heterocycles. The van der Waals surface area contributed by atoms with E-state index in [4.69, 9.17) is 4.42 Å². The number of benzene rings is 2. The first-order chi connectivity index (χ1) is 12.3. The van der Waals surface area contributed by atoms with Crippen LogP contribution in [0.3, 0.4) is 0 Å². The van der Waals surface area contributed by atoms with Crippen LogP contribution in [0.4, 0.5) is 4.39 Å². The minimum absolute atomic E-state index is 0.285. The molecule has 0 spiro atoms. The first kappa shape index (κ1) is 15.5. The van der Waals surface area contributed by atoms with E-state index < -0.39 is 0 Å². The van der Waals surface area contributed by atoms with Gasteiger partial charge in [0.2, 0.25) is 11.0 Å². The van der Waals surface area contributed by atoms with Crippen molar-refractivity contribution in [2.75, 3.05) is 0 Å². The summed E-state index contributed by atoms with van der Waals surface area (Å²) in [5, 5.41) is 12.4. The molecular weight excluding hydrogens is 341 g/mol. The Morgan fingerprint density at radius 2 is 1.84 bits per heavy atom. The Kier molecular flexibility index (Phi) is 4.26. The van der Waals surface area contributed by atoms with Gasteiger partial charge in [-0.1, -0.05) is 30.0 Å². The molecule has 0 N–H and O–H groups in total. The summed E-state index contributed by atoms with van der Waals surface area (Å²) in [7, 11) is 0. The monoisotopic (exact) mass is 353 g/mol. The van der Waals surface area contributed by atoms with E-state index >= 15 is 0 Å². The van der Waals surface area contributed by atoms with Crippen molar-refractivity contribution < 1.29 is 8.81 Å². The van der Waals surface area contributed by atoms with Crippen LogP contribution >= 0.6 is 11.8 Å². The highest BCUT2D eigenvalue weighted by Gasteiger charge is 2.12. The van der Waals surface area contributed by atoms with Gasteiger partial charge in [0.1, 0.15) is 5.82 Å². The zero-order valence-electron chi connectivity index (χ0n) is 12.9. The third-order valence-corrected chi connectivity index (χ3v) is 4.35. The number of hydrogen-bond donors (Lipinski definition) is 0. The molecule has 0 unspecified atom stereocenters. The van der Waals surface area contributed by atoms with Crippen LogP contribution in [0, 0.1) is 5.82 Å². The van der Waals surface area contributed by atoms with Crippen molar-refractivity contribution >= 4 is 11.8 Å². The normalized spacial score (nSPS) is 10.9. The molecule has 0 atom stereocenters. The summed E-state index contributed by atoms with van der Waals surface area (Å²) in [4.78, 5) is 4.26. The number of thioether (sulfide) groups is 1. The maximum atomic E-state index is 13.0. The van der Waals surface area contributed by atoms with Crippen LogP contribution in [0.5, 0.6) is 0 Å². The van der Waals surface area contributed by atoms with E-state index in [1.165, 1.54) is 23.9 Å². The first-order valence-electron chi connectivity index (χ1n) is 7.47. The minimum atomic E-state index is -0.285. The lowest BCUT2D eigenvalue weighted by Crippen LogP contribution is -1.98. The summed E-state index contributed by atoms with van der Waals surface area (Å²) in [5.74, 6) is 1.34. The maximum Gasteiger partial charge on any atom is 0.214 e. The Morgan fingerprint density at radius 3 is 2.64 bits per heavy atom. The van der Waals surface area contributed by atoms with Gasteiger partial charge in [-0.25, -0.2) is 9.37 Å². The van der Waals surface area contributed by atoms with Crippen molar-refractivity contribution in [3.8, 4) is 17.0 Å². The number of hydrogen-bond acceptors (Lipinski definition) is 6. The fraction of sp³-hybridized carbons (Fsp3) is 0.0588. The Labute approximate surface area is 146 Å². The lowest BCUT2D eigenvalue weighted by atomic mass is 10.2.